The van der Waals surface area contributed by atoms with Crippen LogP contribution in [-0.4, -0.2) is 12.6 Å². The molecule has 1 aliphatic carbocycles. The molecular formula is C12H23N. The predicted octanol–water partition coefficient (Wildman–Crippen LogP) is 3.10. The summed E-state index contributed by atoms with van der Waals surface area (Å²) in [5.41, 5.74) is 0.768. The Morgan fingerprint density at radius 2 is 1.92 bits per heavy atom. The smallest absolute Gasteiger partial charge is 0.00697 e. The first kappa shape index (κ1) is 9.51. The molecule has 0 bridgehead atoms. The lowest BCUT2D eigenvalue weighted by Gasteiger charge is -2.44. The van der Waals surface area contributed by atoms with Gasteiger partial charge in [0.25, 0.3) is 0 Å². The van der Waals surface area contributed by atoms with Crippen LogP contribution < -0.4 is 5.32 Å². The van der Waals surface area contributed by atoms with Gasteiger partial charge in [-0.3, -0.25) is 0 Å². The van der Waals surface area contributed by atoms with Crippen LogP contribution in [0.3, 0.4) is 0 Å². The Morgan fingerprint density at radius 1 is 1.15 bits per heavy atom. The molecule has 1 heteroatoms. The van der Waals surface area contributed by atoms with Crippen molar-refractivity contribution in [2.45, 2.75) is 64.3 Å². The van der Waals surface area contributed by atoms with Gasteiger partial charge in [-0.1, -0.05) is 26.2 Å². The SMILES string of the molecule is CCC1CC2(CCCCC2)CCN1. The maximum Gasteiger partial charge on any atom is 0.00697 e. The molecule has 76 valence electrons. The van der Waals surface area contributed by atoms with Gasteiger partial charge in [-0.05, 0) is 44.1 Å². The molecule has 2 aliphatic rings. The van der Waals surface area contributed by atoms with E-state index in [2.05, 4.69) is 12.2 Å². The highest BCUT2D eigenvalue weighted by molar-refractivity contribution is 4.91. The lowest BCUT2D eigenvalue weighted by molar-refractivity contribution is 0.105. The highest BCUT2D eigenvalue weighted by Gasteiger charge is 2.36. The highest BCUT2D eigenvalue weighted by atomic mass is 14.9. The highest BCUT2D eigenvalue weighted by Crippen LogP contribution is 2.44. The molecule has 2 fully saturated rings. The van der Waals surface area contributed by atoms with E-state index in [4.69, 9.17) is 0 Å². The van der Waals surface area contributed by atoms with Crippen LogP contribution in [0.15, 0.2) is 0 Å². The van der Waals surface area contributed by atoms with Crippen LogP contribution >= 0.6 is 0 Å². The van der Waals surface area contributed by atoms with E-state index in [-0.39, 0.29) is 0 Å². The van der Waals surface area contributed by atoms with Gasteiger partial charge < -0.3 is 5.32 Å². The van der Waals surface area contributed by atoms with Gasteiger partial charge in [0.1, 0.15) is 0 Å². The van der Waals surface area contributed by atoms with Gasteiger partial charge in [0.05, 0.1) is 0 Å². The second-order valence-corrected chi connectivity index (χ2v) is 5.07. The lowest BCUT2D eigenvalue weighted by atomic mass is 9.66. The Hall–Kier alpha value is -0.0400. The van der Waals surface area contributed by atoms with Crippen molar-refractivity contribution in [1.82, 2.24) is 5.32 Å². The Labute approximate surface area is 82.3 Å². The third-order valence-corrected chi connectivity index (χ3v) is 4.17. The van der Waals surface area contributed by atoms with E-state index in [1.54, 1.807) is 0 Å². The van der Waals surface area contributed by atoms with E-state index in [0.717, 1.165) is 11.5 Å². The largest absolute Gasteiger partial charge is 0.314 e. The molecule has 1 heterocycles. The van der Waals surface area contributed by atoms with E-state index in [0.29, 0.717) is 0 Å². The summed E-state index contributed by atoms with van der Waals surface area (Å²) in [6.45, 7) is 3.60. The molecule has 1 atom stereocenters. The van der Waals surface area contributed by atoms with Crippen LogP contribution in [0, 0.1) is 5.41 Å². The average Bonchev–Trinajstić information content (AvgIpc) is 2.19. The van der Waals surface area contributed by atoms with Gasteiger partial charge in [-0.25, -0.2) is 0 Å². The molecular weight excluding hydrogens is 158 g/mol. The number of piperidine rings is 1. The fourth-order valence-electron chi connectivity index (χ4n) is 3.28. The van der Waals surface area contributed by atoms with E-state index < -0.39 is 0 Å². The van der Waals surface area contributed by atoms with Crippen molar-refractivity contribution in [3.8, 4) is 0 Å². The van der Waals surface area contributed by atoms with Crippen LogP contribution in [-0.2, 0) is 0 Å². The lowest BCUT2D eigenvalue weighted by Crippen LogP contribution is -2.44. The number of hydrogen-bond donors (Lipinski definition) is 1. The van der Waals surface area contributed by atoms with Gasteiger partial charge in [0, 0.05) is 6.04 Å². The summed E-state index contributed by atoms with van der Waals surface area (Å²) in [5, 5.41) is 3.64. The molecule has 2 rings (SSSR count). The first-order chi connectivity index (χ1) is 6.35. The van der Waals surface area contributed by atoms with Crippen molar-refractivity contribution in [3.63, 3.8) is 0 Å². The fraction of sp³-hybridized carbons (Fsp3) is 1.00. The number of hydrogen-bond acceptors (Lipinski definition) is 1. The predicted molar refractivity (Wildman–Crippen MR) is 56.8 cm³/mol. The summed E-state index contributed by atoms with van der Waals surface area (Å²) in [6.07, 6.45) is 11.8. The standard InChI is InChI=1S/C12H23N/c1-2-11-10-12(8-9-13-11)6-4-3-5-7-12/h11,13H,2-10H2,1H3. The molecule has 1 spiro atoms. The second-order valence-electron chi connectivity index (χ2n) is 5.07. The summed E-state index contributed by atoms with van der Waals surface area (Å²) in [5.74, 6) is 0. The van der Waals surface area contributed by atoms with E-state index in [9.17, 15) is 0 Å². The van der Waals surface area contributed by atoms with E-state index in [1.165, 1.54) is 57.9 Å². The first-order valence-electron chi connectivity index (χ1n) is 6.08. The fourth-order valence-corrected chi connectivity index (χ4v) is 3.28. The normalized spacial score (nSPS) is 33.5. The summed E-state index contributed by atoms with van der Waals surface area (Å²) >= 11 is 0. The van der Waals surface area contributed by atoms with Crippen molar-refractivity contribution in [3.05, 3.63) is 0 Å². The quantitative estimate of drug-likeness (QED) is 0.655. The molecule has 13 heavy (non-hydrogen) atoms. The summed E-state index contributed by atoms with van der Waals surface area (Å²) in [4.78, 5) is 0. The van der Waals surface area contributed by atoms with Crippen LogP contribution in [0.2, 0.25) is 0 Å². The van der Waals surface area contributed by atoms with Crippen LogP contribution in [0.5, 0.6) is 0 Å². The topological polar surface area (TPSA) is 12.0 Å². The van der Waals surface area contributed by atoms with Gasteiger partial charge in [-0.2, -0.15) is 0 Å². The molecule has 0 aromatic carbocycles. The Kier molecular flexibility index (Phi) is 2.92. The van der Waals surface area contributed by atoms with E-state index >= 15 is 0 Å². The molecule has 1 N–H and O–H groups in total. The molecule has 0 radical (unpaired) electrons. The first-order valence-corrected chi connectivity index (χ1v) is 6.08. The van der Waals surface area contributed by atoms with Gasteiger partial charge in [0.2, 0.25) is 0 Å². The second kappa shape index (κ2) is 4.00. The van der Waals surface area contributed by atoms with Gasteiger partial charge >= 0.3 is 0 Å². The van der Waals surface area contributed by atoms with Crippen LogP contribution in [0.25, 0.3) is 0 Å². The third-order valence-electron chi connectivity index (χ3n) is 4.17. The Balaban J connectivity index is 1.95. The minimum Gasteiger partial charge on any atom is -0.314 e. The Morgan fingerprint density at radius 3 is 2.62 bits per heavy atom. The van der Waals surface area contributed by atoms with Crippen molar-refractivity contribution < 1.29 is 0 Å². The molecule has 0 aromatic heterocycles. The van der Waals surface area contributed by atoms with Crippen molar-refractivity contribution in [2.24, 2.45) is 5.41 Å². The molecule has 1 aliphatic heterocycles. The van der Waals surface area contributed by atoms with Crippen LogP contribution in [0.1, 0.15) is 58.3 Å². The average molecular weight is 181 g/mol. The third kappa shape index (κ3) is 2.07. The zero-order chi connectivity index (χ0) is 9.15. The zero-order valence-electron chi connectivity index (χ0n) is 8.94. The summed E-state index contributed by atoms with van der Waals surface area (Å²) in [7, 11) is 0. The minimum atomic E-state index is 0.768. The minimum absolute atomic E-state index is 0.768. The maximum atomic E-state index is 3.64. The van der Waals surface area contributed by atoms with Crippen molar-refractivity contribution in [2.75, 3.05) is 6.54 Å². The van der Waals surface area contributed by atoms with E-state index in [1.807, 2.05) is 0 Å². The van der Waals surface area contributed by atoms with Crippen LogP contribution in [0.4, 0.5) is 0 Å². The summed E-state index contributed by atoms with van der Waals surface area (Å²) < 4.78 is 0. The number of rotatable bonds is 1. The van der Waals surface area contributed by atoms with Crippen molar-refractivity contribution in [1.29, 1.82) is 0 Å². The van der Waals surface area contributed by atoms with Gasteiger partial charge in [0.15, 0.2) is 0 Å². The maximum absolute atomic E-state index is 3.64. The van der Waals surface area contributed by atoms with Gasteiger partial charge in [-0.15, -0.1) is 0 Å². The number of nitrogens with one attached hydrogen (secondary N) is 1. The zero-order valence-corrected chi connectivity index (χ0v) is 8.94. The molecule has 1 saturated heterocycles. The van der Waals surface area contributed by atoms with Crippen molar-refractivity contribution >= 4 is 0 Å². The molecule has 1 nitrogen and oxygen atoms in total. The monoisotopic (exact) mass is 181 g/mol. The molecule has 0 amide bonds. The molecule has 1 unspecified atom stereocenters. The molecule has 0 aromatic rings. The Bertz CT molecular complexity index is 153. The molecule has 1 saturated carbocycles. The summed E-state index contributed by atoms with van der Waals surface area (Å²) in [6, 6.07) is 0.826.